The van der Waals surface area contributed by atoms with Gasteiger partial charge in [-0.1, -0.05) is 85.3 Å². The minimum Gasteiger partial charge on any atom is -0.455 e. The number of unbranched alkanes of at least 4 members (excludes halogenated alkanes) is 2. The van der Waals surface area contributed by atoms with Crippen molar-refractivity contribution in [1.29, 1.82) is 5.26 Å². The van der Waals surface area contributed by atoms with Gasteiger partial charge < -0.3 is 14.2 Å². The molecule has 1 unspecified atom stereocenters. The zero-order chi connectivity index (χ0) is 32.9. The van der Waals surface area contributed by atoms with Crippen LogP contribution in [0, 0.1) is 57.7 Å². The highest BCUT2D eigenvalue weighted by Gasteiger charge is 2.59. The molecule has 4 aliphatic carbocycles. The largest absolute Gasteiger partial charge is 0.511 e. The Kier molecular flexibility index (Phi) is 11.5. The van der Waals surface area contributed by atoms with E-state index >= 15 is 0 Å². The van der Waals surface area contributed by atoms with Gasteiger partial charge in [-0.2, -0.15) is 5.26 Å². The van der Waals surface area contributed by atoms with Gasteiger partial charge in [-0.25, -0.2) is 4.79 Å². The van der Waals surface area contributed by atoms with E-state index in [1.165, 1.54) is 56.9 Å². The summed E-state index contributed by atoms with van der Waals surface area (Å²) >= 11 is 0. The average Bonchev–Trinajstić information content (AvgIpc) is 3.39. The van der Waals surface area contributed by atoms with Crippen molar-refractivity contribution < 1.29 is 19.0 Å². The zero-order valence-corrected chi connectivity index (χ0v) is 29.7. The lowest BCUT2D eigenvalue weighted by Gasteiger charge is -2.58. The molecule has 3 saturated carbocycles. The molecule has 0 aliphatic heterocycles. The normalized spacial score (nSPS) is 33.1. The Labute approximate surface area is 279 Å². The van der Waals surface area contributed by atoms with Crippen LogP contribution in [0.15, 0.2) is 35.9 Å². The van der Waals surface area contributed by atoms with Crippen molar-refractivity contribution in [2.24, 2.45) is 46.3 Å². The SMILES string of the molecule is CCCCCC(OC(=O)O[C@H]1CC[C@@]2(C)C(=CC[C@H]3[C@@H]4CC[C@H]([C@H](C)CCCC(C)C)[C@@]4(C)CC[C@@H]32)C1)Oc1ccc(C#N)cc1. The molecular weight excluding hydrogens is 570 g/mol. The molecule has 5 heteroatoms. The Morgan fingerprint density at radius 2 is 1.74 bits per heavy atom. The molecule has 4 aliphatic rings. The molecule has 1 aromatic rings. The van der Waals surface area contributed by atoms with Gasteiger partial charge in [0.15, 0.2) is 0 Å². The van der Waals surface area contributed by atoms with Crippen LogP contribution in [0.1, 0.15) is 143 Å². The monoisotopic (exact) mass is 631 g/mol. The van der Waals surface area contributed by atoms with Crippen LogP contribution < -0.4 is 4.74 Å². The minimum atomic E-state index is -0.708. The fourth-order valence-electron chi connectivity index (χ4n) is 10.5. The van der Waals surface area contributed by atoms with Crippen molar-refractivity contribution in [2.45, 2.75) is 150 Å². The summed E-state index contributed by atoms with van der Waals surface area (Å²) < 4.78 is 17.8. The molecule has 254 valence electrons. The Morgan fingerprint density at radius 1 is 0.957 bits per heavy atom. The van der Waals surface area contributed by atoms with Gasteiger partial charge in [-0.3, -0.25) is 0 Å². The molecule has 5 rings (SSSR count). The first-order chi connectivity index (χ1) is 22.1. The predicted octanol–water partition coefficient (Wildman–Crippen LogP) is 11.4. The highest BCUT2D eigenvalue weighted by molar-refractivity contribution is 5.60. The second kappa shape index (κ2) is 15.2. The molecule has 0 heterocycles. The first kappa shape index (κ1) is 34.8. The highest BCUT2D eigenvalue weighted by Crippen LogP contribution is 2.67. The number of ether oxygens (including phenoxy) is 3. The van der Waals surface area contributed by atoms with E-state index in [1.807, 2.05) is 0 Å². The Bertz CT molecular complexity index is 1230. The molecule has 0 amide bonds. The summed E-state index contributed by atoms with van der Waals surface area (Å²) in [6, 6.07) is 9.05. The lowest BCUT2D eigenvalue weighted by atomic mass is 9.47. The molecule has 0 bridgehead atoms. The number of carbonyl (C=O) groups is 1. The second-order valence-electron chi connectivity index (χ2n) is 16.3. The summed E-state index contributed by atoms with van der Waals surface area (Å²) in [4.78, 5) is 13.1. The first-order valence-electron chi connectivity index (χ1n) is 18.8. The third-order valence-corrected chi connectivity index (χ3v) is 13.0. The molecule has 0 N–H and O–H groups in total. The van der Waals surface area contributed by atoms with Gasteiger partial charge in [-0.15, -0.1) is 0 Å². The van der Waals surface area contributed by atoms with E-state index in [9.17, 15) is 4.79 Å². The molecule has 5 nitrogen and oxygen atoms in total. The Hall–Kier alpha value is -2.48. The molecule has 0 aromatic heterocycles. The summed E-state index contributed by atoms with van der Waals surface area (Å²) in [7, 11) is 0. The predicted molar refractivity (Wildman–Crippen MR) is 184 cm³/mol. The Balaban J connectivity index is 1.18. The number of hydrogen-bond donors (Lipinski definition) is 0. The number of nitrogens with zero attached hydrogens (tertiary/aromatic N) is 1. The number of carbonyl (C=O) groups excluding carboxylic acids is 1. The number of rotatable bonds is 13. The van der Waals surface area contributed by atoms with Crippen LogP contribution in [-0.2, 0) is 9.47 Å². The van der Waals surface area contributed by atoms with Crippen molar-refractivity contribution in [3.63, 3.8) is 0 Å². The van der Waals surface area contributed by atoms with Crippen LogP contribution >= 0.6 is 0 Å². The summed E-state index contributed by atoms with van der Waals surface area (Å²) in [5.41, 5.74) is 2.81. The smallest absolute Gasteiger partial charge is 0.455 e. The number of hydrogen-bond acceptors (Lipinski definition) is 5. The van der Waals surface area contributed by atoms with Crippen molar-refractivity contribution >= 4 is 6.16 Å². The van der Waals surface area contributed by atoms with E-state index in [1.54, 1.807) is 24.3 Å². The quantitative estimate of drug-likeness (QED) is 0.0937. The van der Waals surface area contributed by atoms with Gasteiger partial charge in [0.05, 0.1) is 11.6 Å². The van der Waals surface area contributed by atoms with Crippen LogP contribution in [0.4, 0.5) is 4.79 Å². The summed E-state index contributed by atoms with van der Waals surface area (Å²) in [6.45, 7) is 14.6. The highest BCUT2D eigenvalue weighted by atomic mass is 16.8. The fraction of sp³-hybridized carbons (Fsp3) is 0.756. The molecule has 0 spiro atoms. The number of benzene rings is 1. The van der Waals surface area contributed by atoms with Gasteiger partial charge in [0.1, 0.15) is 11.9 Å². The molecule has 3 fully saturated rings. The summed E-state index contributed by atoms with van der Waals surface area (Å²) in [5, 5.41) is 9.10. The lowest BCUT2D eigenvalue weighted by Crippen LogP contribution is -2.51. The van der Waals surface area contributed by atoms with Crippen LogP contribution in [-0.4, -0.2) is 18.5 Å². The standard InChI is InChI=1S/C41H61NO4/c1-7-8-9-13-38(44-32-17-14-30(27-42)15-18-32)46-39(43)45-33-22-24-40(5)31(26-33)16-19-34-36-21-20-35(29(4)12-10-11-28(2)3)41(36,6)25-23-37(34)40/h14-18,28-29,33-38H,7-13,19-26H2,1-6H3/t29-,33+,34+,35-,36+,37+,38?,40+,41-/m1/s1. The lowest BCUT2D eigenvalue weighted by molar-refractivity contribution is -0.0891. The van der Waals surface area contributed by atoms with Crippen LogP contribution in [0.5, 0.6) is 5.75 Å². The van der Waals surface area contributed by atoms with E-state index in [4.69, 9.17) is 19.5 Å². The molecule has 1 aromatic carbocycles. The van der Waals surface area contributed by atoms with Gasteiger partial charge in [0, 0.05) is 12.8 Å². The summed E-state index contributed by atoms with van der Waals surface area (Å²) in [5.74, 6) is 5.51. The second-order valence-corrected chi connectivity index (χ2v) is 16.3. The maximum absolute atomic E-state index is 13.1. The molecule has 46 heavy (non-hydrogen) atoms. The Morgan fingerprint density at radius 3 is 2.46 bits per heavy atom. The van der Waals surface area contributed by atoms with Gasteiger partial charge in [-0.05, 0) is 122 Å². The topological polar surface area (TPSA) is 68.6 Å². The van der Waals surface area contributed by atoms with E-state index < -0.39 is 12.4 Å². The van der Waals surface area contributed by atoms with Crippen molar-refractivity contribution in [2.75, 3.05) is 0 Å². The van der Waals surface area contributed by atoms with Crippen LogP contribution in [0.3, 0.4) is 0 Å². The third kappa shape index (κ3) is 7.63. The number of nitriles is 1. The van der Waals surface area contributed by atoms with E-state index in [0.717, 1.165) is 74.0 Å². The van der Waals surface area contributed by atoms with E-state index in [0.29, 0.717) is 23.1 Å². The van der Waals surface area contributed by atoms with Crippen molar-refractivity contribution in [3.8, 4) is 11.8 Å². The van der Waals surface area contributed by atoms with Gasteiger partial charge >= 0.3 is 6.16 Å². The maximum Gasteiger partial charge on any atom is 0.511 e. The zero-order valence-electron chi connectivity index (χ0n) is 29.7. The molecule has 9 atom stereocenters. The molecule has 0 saturated heterocycles. The summed E-state index contributed by atoms with van der Waals surface area (Å²) in [6.07, 6.45) is 18.4. The average molecular weight is 632 g/mol. The van der Waals surface area contributed by atoms with Crippen molar-refractivity contribution in [3.05, 3.63) is 41.5 Å². The van der Waals surface area contributed by atoms with E-state index in [-0.39, 0.29) is 11.5 Å². The molecular formula is C41H61NO4. The van der Waals surface area contributed by atoms with Crippen LogP contribution in [0.2, 0.25) is 0 Å². The van der Waals surface area contributed by atoms with Crippen LogP contribution in [0.25, 0.3) is 0 Å². The number of fused-ring (bicyclic) bond motifs is 5. The minimum absolute atomic E-state index is 0.147. The molecule has 0 radical (unpaired) electrons. The number of allylic oxidation sites excluding steroid dienone is 1. The third-order valence-electron chi connectivity index (χ3n) is 13.0. The first-order valence-corrected chi connectivity index (χ1v) is 18.8. The maximum atomic E-state index is 13.1. The van der Waals surface area contributed by atoms with Gasteiger partial charge in [0.2, 0.25) is 6.29 Å². The van der Waals surface area contributed by atoms with Gasteiger partial charge in [0.25, 0.3) is 0 Å². The fourth-order valence-corrected chi connectivity index (χ4v) is 10.5. The van der Waals surface area contributed by atoms with Crippen molar-refractivity contribution in [1.82, 2.24) is 0 Å². The van der Waals surface area contributed by atoms with E-state index in [2.05, 4.69) is 53.7 Å².